The molecule has 0 spiro atoms. The molecule has 0 bridgehead atoms. The van der Waals surface area contributed by atoms with Gasteiger partial charge in [0.25, 0.3) is 0 Å². The molecule has 0 aromatic rings. The summed E-state index contributed by atoms with van der Waals surface area (Å²) in [4.78, 5) is 0. The maximum absolute atomic E-state index is 2.75. The lowest BCUT2D eigenvalue weighted by Crippen LogP contribution is -2.30. The van der Waals surface area contributed by atoms with Crippen molar-refractivity contribution in [1.29, 1.82) is 0 Å². The molecule has 74 valence electrons. The van der Waals surface area contributed by atoms with E-state index in [2.05, 4.69) is 22.8 Å². The fraction of sp³-hybridized carbons (Fsp3) is 0.900. The van der Waals surface area contributed by atoms with Crippen molar-refractivity contribution in [2.45, 2.75) is 45.1 Å². The van der Waals surface area contributed by atoms with Crippen LogP contribution in [0.4, 0.5) is 0 Å². The molecular weight excluding hydrogens is 176 g/mol. The first-order valence-electron chi connectivity index (χ1n) is 5.64. The number of rotatable bonds is 3. The van der Waals surface area contributed by atoms with E-state index in [0.717, 1.165) is 6.04 Å². The summed E-state index contributed by atoms with van der Waals surface area (Å²) >= 11 is 0. The average molecular weight is 197 g/mol. The van der Waals surface area contributed by atoms with Crippen LogP contribution in [0.5, 0.6) is 0 Å². The first-order chi connectivity index (χ1) is 6.33. The van der Waals surface area contributed by atoms with Crippen LogP contribution in [0.2, 0.25) is 0 Å². The van der Waals surface area contributed by atoms with Crippen LogP contribution in [0.3, 0.4) is 0 Å². The highest BCUT2D eigenvalue weighted by Gasteiger charge is 2.40. The highest BCUT2D eigenvalue weighted by molar-refractivity contribution is 6.27. The van der Waals surface area contributed by atoms with Crippen LogP contribution in [0.25, 0.3) is 0 Å². The molecule has 0 aromatic heterocycles. The summed E-state index contributed by atoms with van der Waals surface area (Å²) in [5, 5.41) is 0. The normalized spacial score (nSPS) is 30.5. The van der Waals surface area contributed by atoms with Gasteiger partial charge in [-0.25, -0.2) is 0 Å². The fourth-order valence-corrected chi connectivity index (χ4v) is 4.72. The molecule has 2 aliphatic rings. The van der Waals surface area contributed by atoms with Gasteiger partial charge in [0.05, 0.1) is 6.04 Å². The first kappa shape index (κ1) is 9.40. The van der Waals surface area contributed by atoms with Gasteiger partial charge in [-0.3, -0.25) is 4.57 Å². The highest BCUT2D eigenvalue weighted by Crippen LogP contribution is 2.23. The summed E-state index contributed by atoms with van der Waals surface area (Å²) in [5.74, 6) is 0. The fourth-order valence-electron chi connectivity index (χ4n) is 2.68. The topological polar surface area (TPSA) is 6.25 Å². The Labute approximate surface area is 83.6 Å². The van der Waals surface area contributed by atoms with E-state index in [1.165, 1.54) is 38.6 Å². The van der Waals surface area contributed by atoms with Gasteiger partial charge in [0.1, 0.15) is 12.3 Å². The molecule has 1 atom stereocenters. The third-order valence-corrected chi connectivity index (χ3v) is 5.36. The molecule has 2 nitrogen and oxygen atoms in total. The Kier molecular flexibility index (Phi) is 2.84. The van der Waals surface area contributed by atoms with Gasteiger partial charge in [-0.2, -0.15) is 0 Å². The van der Waals surface area contributed by atoms with E-state index in [9.17, 15) is 0 Å². The highest BCUT2D eigenvalue weighted by atomic mass is 28.2. The van der Waals surface area contributed by atoms with Crippen molar-refractivity contribution in [3.05, 3.63) is 0 Å². The Bertz CT molecular complexity index is 225. The Morgan fingerprint density at radius 1 is 1.62 bits per heavy atom. The van der Waals surface area contributed by atoms with Crippen LogP contribution in [0, 0.1) is 0 Å². The maximum atomic E-state index is 2.75. The molecule has 2 rings (SSSR count). The smallest absolute Gasteiger partial charge is 0.302 e. The first-order valence-corrected chi connectivity index (χ1v) is 6.90. The van der Waals surface area contributed by atoms with Gasteiger partial charge in [-0.15, -0.1) is 0 Å². The van der Waals surface area contributed by atoms with Crippen molar-refractivity contribution in [2.75, 3.05) is 13.6 Å². The minimum absolute atomic E-state index is 0.0637. The second kappa shape index (κ2) is 3.92. The number of nitrogens with zero attached hydrogens (tertiary/aromatic N) is 2. The Hall–Kier alpha value is -0.153. The zero-order valence-corrected chi connectivity index (χ0v) is 10.3. The molecule has 0 aromatic carbocycles. The van der Waals surface area contributed by atoms with Crippen molar-refractivity contribution < 1.29 is 4.24 Å². The molecule has 1 unspecified atom stereocenters. The molecule has 0 radical (unpaired) electrons. The predicted molar refractivity (Wildman–Crippen MR) is 59.0 cm³/mol. The van der Waals surface area contributed by atoms with Crippen LogP contribution in [0.15, 0.2) is 0 Å². The van der Waals surface area contributed by atoms with E-state index in [0.29, 0.717) is 0 Å². The largest absolute Gasteiger partial charge is 0.413 e. The maximum Gasteiger partial charge on any atom is 0.413 e. The van der Waals surface area contributed by atoms with Gasteiger partial charge in [-0.05, 0) is 19.9 Å². The van der Waals surface area contributed by atoms with E-state index < -0.39 is 0 Å². The van der Waals surface area contributed by atoms with E-state index in [4.69, 9.17) is 0 Å². The summed E-state index contributed by atoms with van der Waals surface area (Å²) in [7, 11) is 2.26. The zero-order chi connectivity index (χ0) is 9.26. The summed E-state index contributed by atoms with van der Waals surface area (Å²) in [6, 6.07) is 0.864. The van der Waals surface area contributed by atoms with Crippen LogP contribution in [0.1, 0.15) is 39.0 Å². The third-order valence-electron chi connectivity index (χ3n) is 3.41. The molecular formula is C10H21N2Si+. The van der Waals surface area contributed by atoms with Gasteiger partial charge >= 0.3 is 9.84 Å². The quantitative estimate of drug-likeness (QED) is 0.605. The number of hydrogen-bond donors (Lipinski definition) is 0. The standard InChI is InChI=1S/C10H21N2Si/c1-3-4-8-12-10-7-5-6-9(10)11(2)13-12/h9H,3-8,13H2,1-2H3/q+1. The Morgan fingerprint density at radius 2 is 2.46 bits per heavy atom. The average Bonchev–Trinajstić information content (AvgIpc) is 2.67. The van der Waals surface area contributed by atoms with Crippen LogP contribution in [-0.2, 0) is 0 Å². The van der Waals surface area contributed by atoms with E-state index >= 15 is 0 Å². The molecule has 1 fully saturated rings. The Balaban J connectivity index is 2.04. The number of unbranched alkanes of at least 4 members (excludes halogenated alkanes) is 1. The summed E-state index contributed by atoms with van der Waals surface area (Å²) in [5.41, 5.74) is 1.79. The van der Waals surface area contributed by atoms with E-state index in [1.54, 1.807) is 5.71 Å². The van der Waals surface area contributed by atoms with Crippen molar-refractivity contribution in [3.8, 4) is 0 Å². The molecule has 0 N–H and O–H groups in total. The summed E-state index contributed by atoms with van der Waals surface area (Å²) in [6.07, 6.45) is 6.98. The Morgan fingerprint density at radius 3 is 3.23 bits per heavy atom. The SMILES string of the molecule is CCCC[N+]1=C2CCCC2N(C)[SiH2]1. The second-order valence-corrected chi connectivity index (χ2v) is 6.46. The van der Waals surface area contributed by atoms with Gasteiger partial charge in [0.2, 0.25) is 0 Å². The van der Waals surface area contributed by atoms with Gasteiger partial charge < -0.3 is 4.24 Å². The molecule has 1 aliphatic heterocycles. The zero-order valence-electron chi connectivity index (χ0n) is 8.92. The van der Waals surface area contributed by atoms with Crippen LogP contribution in [-0.4, -0.2) is 44.0 Å². The summed E-state index contributed by atoms with van der Waals surface area (Å²) < 4.78 is 5.40. The lowest BCUT2D eigenvalue weighted by Gasteiger charge is -2.09. The molecule has 1 heterocycles. The summed E-state index contributed by atoms with van der Waals surface area (Å²) in [6.45, 7) is 3.64. The van der Waals surface area contributed by atoms with Gasteiger partial charge in [0, 0.05) is 12.8 Å². The molecule has 13 heavy (non-hydrogen) atoms. The number of fused-ring (bicyclic) bond motifs is 1. The van der Waals surface area contributed by atoms with Crippen LogP contribution < -0.4 is 0 Å². The van der Waals surface area contributed by atoms with Gasteiger partial charge in [-0.1, -0.05) is 13.3 Å². The number of hydrogen-bond acceptors (Lipinski definition) is 1. The molecule has 0 saturated heterocycles. The van der Waals surface area contributed by atoms with E-state index in [1.807, 2.05) is 0 Å². The second-order valence-electron chi connectivity index (χ2n) is 4.41. The van der Waals surface area contributed by atoms with Crippen molar-refractivity contribution in [2.24, 2.45) is 0 Å². The predicted octanol–water partition coefficient (Wildman–Crippen LogP) is 0.737. The lowest BCUT2D eigenvalue weighted by atomic mass is 10.2. The molecule has 1 saturated carbocycles. The minimum Gasteiger partial charge on any atom is -0.302 e. The molecule has 1 aliphatic carbocycles. The van der Waals surface area contributed by atoms with Gasteiger partial charge in [0.15, 0.2) is 0 Å². The minimum atomic E-state index is -0.0637. The third kappa shape index (κ3) is 1.72. The monoisotopic (exact) mass is 197 g/mol. The van der Waals surface area contributed by atoms with Crippen molar-refractivity contribution in [1.82, 2.24) is 4.57 Å². The molecule has 3 heteroatoms. The van der Waals surface area contributed by atoms with Crippen molar-refractivity contribution in [3.63, 3.8) is 0 Å². The lowest BCUT2D eigenvalue weighted by molar-refractivity contribution is -0.384. The van der Waals surface area contributed by atoms with Crippen molar-refractivity contribution >= 4 is 15.6 Å². The van der Waals surface area contributed by atoms with Crippen LogP contribution >= 0.6 is 0 Å². The molecule has 0 amide bonds. The van der Waals surface area contributed by atoms with E-state index in [-0.39, 0.29) is 9.84 Å².